The van der Waals surface area contributed by atoms with Crippen molar-refractivity contribution in [1.29, 1.82) is 0 Å². The van der Waals surface area contributed by atoms with Gasteiger partial charge in [-0.05, 0) is 0 Å². The molecule has 0 aliphatic heterocycles. The quantitative estimate of drug-likeness (QED) is 0.624. The number of nitrogens with zero attached hydrogens (tertiary/aromatic N) is 3. The molecule has 0 saturated heterocycles. The molecule has 0 unspecified atom stereocenters. The van der Waals surface area contributed by atoms with Crippen LogP contribution in [0, 0.1) is 0 Å². The molecule has 0 radical (unpaired) electrons. The number of aliphatic hydroxyl groups is 1. The second kappa shape index (κ2) is 2.79. The van der Waals surface area contributed by atoms with Crippen molar-refractivity contribution in [2.75, 3.05) is 0 Å². The molecule has 0 saturated carbocycles. The fourth-order valence-corrected chi connectivity index (χ4v) is 0.762. The first-order valence-electron chi connectivity index (χ1n) is 3.27. The third-order valence-corrected chi connectivity index (χ3v) is 1.35. The van der Waals surface area contributed by atoms with Gasteiger partial charge in [0.2, 0.25) is 0 Å². The number of aromatic nitrogens is 3. The van der Waals surface area contributed by atoms with Crippen molar-refractivity contribution in [3.63, 3.8) is 0 Å². The molecule has 0 aromatic carbocycles. The topological polar surface area (TPSA) is 50.9 Å². The highest BCUT2D eigenvalue weighted by molar-refractivity contribution is 4.90. The van der Waals surface area contributed by atoms with E-state index in [1.807, 2.05) is 6.92 Å². The Morgan fingerprint density at radius 3 is 2.60 bits per heavy atom. The van der Waals surface area contributed by atoms with Crippen LogP contribution in [-0.2, 0) is 20.1 Å². The van der Waals surface area contributed by atoms with E-state index in [1.165, 1.54) is 0 Å². The summed E-state index contributed by atoms with van der Waals surface area (Å²) in [5.41, 5.74) is 0. The van der Waals surface area contributed by atoms with Crippen molar-refractivity contribution in [3.05, 3.63) is 11.6 Å². The van der Waals surface area contributed by atoms with Crippen LogP contribution >= 0.6 is 0 Å². The van der Waals surface area contributed by atoms with E-state index in [1.54, 1.807) is 11.7 Å². The molecule has 0 bridgehead atoms. The molecule has 1 aromatic rings. The van der Waals surface area contributed by atoms with Crippen LogP contribution in [0.5, 0.6) is 0 Å². The van der Waals surface area contributed by atoms with Gasteiger partial charge in [0, 0.05) is 13.5 Å². The van der Waals surface area contributed by atoms with E-state index in [-0.39, 0.29) is 6.61 Å². The molecule has 0 aliphatic rings. The minimum atomic E-state index is -0.0382. The van der Waals surface area contributed by atoms with Crippen molar-refractivity contribution in [1.82, 2.24) is 14.8 Å². The number of rotatable bonds is 2. The summed E-state index contributed by atoms with van der Waals surface area (Å²) in [6, 6.07) is 0. The van der Waals surface area contributed by atoms with Gasteiger partial charge in [-0.15, -0.1) is 0 Å². The molecule has 4 nitrogen and oxygen atoms in total. The summed E-state index contributed by atoms with van der Waals surface area (Å²) in [5, 5.41) is 12.7. The third kappa shape index (κ3) is 1.16. The van der Waals surface area contributed by atoms with Crippen LogP contribution in [0.25, 0.3) is 0 Å². The first kappa shape index (κ1) is 7.21. The van der Waals surface area contributed by atoms with Crippen molar-refractivity contribution in [2.45, 2.75) is 20.0 Å². The van der Waals surface area contributed by atoms with Crippen LogP contribution < -0.4 is 0 Å². The summed E-state index contributed by atoms with van der Waals surface area (Å²) in [7, 11) is 1.78. The first-order valence-corrected chi connectivity index (χ1v) is 3.27. The van der Waals surface area contributed by atoms with Crippen LogP contribution in [0.2, 0.25) is 0 Å². The first-order chi connectivity index (χ1) is 4.77. The maximum atomic E-state index is 8.70. The van der Waals surface area contributed by atoms with E-state index in [2.05, 4.69) is 10.1 Å². The van der Waals surface area contributed by atoms with Gasteiger partial charge in [-0.1, -0.05) is 6.92 Å². The van der Waals surface area contributed by atoms with Crippen LogP contribution in [-0.4, -0.2) is 19.9 Å². The summed E-state index contributed by atoms with van der Waals surface area (Å²) in [6.07, 6.45) is 0.813. The Morgan fingerprint density at radius 2 is 2.30 bits per heavy atom. The molecule has 1 aromatic heterocycles. The van der Waals surface area contributed by atoms with Gasteiger partial charge in [0.15, 0.2) is 11.6 Å². The molecule has 1 N–H and O–H groups in total. The normalized spacial score (nSPS) is 10.3. The Morgan fingerprint density at radius 1 is 1.60 bits per heavy atom. The number of aryl methyl sites for hydroxylation is 2. The van der Waals surface area contributed by atoms with Crippen molar-refractivity contribution in [2.24, 2.45) is 7.05 Å². The Balaban J connectivity index is 2.92. The molecule has 0 fully saturated rings. The van der Waals surface area contributed by atoms with E-state index in [0.29, 0.717) is 5.82 Å². The van der Waals surface area contributed by atoms with Gasteiger partial charge in [0.05, 0.1) is 0 Å². The maximum Gasteiger partial charge on any atom is 0.152 e. The van der Waals surface area contributed by atoms with Gasteiger partial charge >= 0.3 is 0 Å². The van der Waals surface area contributed by atoms with Gasteiger partial charge < -0.3 is 5.11 Å². The lowest BCUT2D eigenvalue weighted by Crippen LogP contribution is -1.98. The van der Waals surface area contributed by atoms with Gasteiger partial charge in [0.25, 0.3) is 0 Å². The number of hydrogen-bond donors (Lipinski definition) is 1. The zero-order valence-electron chi connectivity index (χ0n) is 6.20. The molecule has 0 atom stereocenters. The molecule has 10 heavy (non-hydrogen) atoms. The zero-order valence-corrected chi connectivity index (χ0v) is 6.20. The van der Waals surface area contributed by atoms with E-state index >= 15 is 0 Å². The standard InChI is InChI=1S/C6H11N3O/c1-3-5-7-6(4-10)9(2)8-5/h10H,3-4H2,1-2H3. The number of aliphatic hydroxyl groups excluding tert-OH is 1. The summed E-state index contributed by atoms with van der Waals surface area (Å²) in [5.74, 6) is 1.41. The van der Waals surface area contributed by atoms with E-state index in [9.17, 15) is 0 Å². The minimum Gasteiger partial charge on any atom is -0.388 e. The summed E-state index contributed by atoms with van der Waals surface area (Å²) in [4.78, 5) is 4.05. The highest BCUT2D eigenvalue weighted by Crippen LogP contribution is 1.95. The summed E-state index contributed by atoms with van der Waals surface area (Å²) in [6.45, 7) is 1.94. The SMILES string of the molecule is CCc1nc(CO)n(C)n1. The molecule has 4 heteroatoms. The van der Waals surface area contributed by atoms with Gasteiger partial charge in [-0.2, -0.15) is 5.10 Å². The summed E-state index contributed by atoms with van der Waals surface area (Å²) < 4.78 is 1.60. The largest absolute Gasteiger partial charge is 0.388 e. The van der Waals surface area contributed by atoms with Crippen LogP contribution in [0.4, 0.5) is 0 Å². The molecule has 1 rings (SSSR count). The second-order valence-corrected chi connectivity index (χ2v) is 2.08. The monoisotopic (exact) mass is 141 g/mol. The van der Waals surface area contributed by atoms with Crippen LogP contribution in [0.1, 0.15) is 18.6 Å². The van der Waals surface area contributed by atoms with Crippen molar-refractivity contribution in [3.8, 4) is 0 Å². The average Bonchev–Trinajstić information content (AvgIpc) is 2.30. The Labute approximate surface area is 59.5 Å². The van der Waals surface area contributed by atoms with E-state index in [4.69, 9.17) is 5.11 Å². The lowest BCUT2D eigenvalue weighted by Gasteiger charge is -1.89. The van der Waals surface area contributed by atoms with E-state index < -0.39 is 0 Å². The van der Waals surface area contributed by atoms with Gasteiger partial charge in [-0.25, -0.2) is 4.98 Å². The Hall–Kier alpha value is -0.900. The lowest BCUT2D eigenvalue weighted by molar-refractivity contribution is 0.265. The maximum absolute atomic E-state index is 8.70. The average molecular weight is 141 g/mol. The molecule has 0 aliphatic carbocycles. The zero-order chi connectivity index (χ0) is 7.56. The number of hydrogen-bond acceptors (Lipinski definition) is 3. The van der Waals surface area contributed by atoms with Crippen LogP contribution in [0.15, 0.2) is 0 Å². The Bertz CT molecular complexity index is 219. The van der Waals surface area contributed by atoms with Crippen molar-refractivity contribution >= 4 is 0 Å². The highest BCUT2D eigenvalue weighted by atomic mass is 16.3. The van der Waals surface area contributed by atoms with Crippen LogP contribution in [0.3, 0.4) is 0 Å². The Kier molecular flexibility index (Phi) is 2.01. The third-order valence-electron chi connectivity index (χ3n) is 1.35. The van der Waals surface area contributed by atoms with Crippen molar-refractivity contribution < 1.29 is 5.11 Å². The fraction of sp³-hybridized carbons (Fsp3) is 0.667. The highest BCUT2D eigenvalue weighted by Gasteiger charge is 2.01. The predicted octanol–water partition coefficient (Wildman–Crippen LogP) is -0.130. The summed E-state index contributed by atoms with van der Waals surface area (Å²) >= 11 is 0. The molecule has 56 valence electrons. The van der Waals surface area contributed by atoms with Gasteiger partial charge in [0.1, 0.15) is 6.61 Å². The van der Waals surface area contributed by atoms with Gasteiger partial charge in [-0.3, -0.25) is 4.68 Å². The second-order valence-electron chi connectivity index (χ2n) is 2.08. The molecule has 0 amide bonds. The molecular weight excluding hydrogens is 130 g/mol. The molecule has 1 heterocycles. The predicted molar refractivity (Wildman–Crippen MR) is 36.3 cm³/mol. The molecule has 0 spiro atoms. The smallest absolute Gasteiger partial charge is 0.152 e. The fourth-order valence-electron chi connectivity index (χ4n) is 0.762. The molecular formula is C6H11N3O. The minimum absolute atomic E-state index is 0.0382. The van der Waals surface area contributed by atoms with E-state index in [0.717, 1.165) is 12.2 Å². The lowest BCUT2D eigenvalue weighted by atomic mass is 10.5.